The Hall–Kier alpha value is -1.36. The quantitative estimate of drug-likeness (QED) is 0.621. The van der Waals surface area contributed by atoms with E-state index in [4.69, 9.17) is 4.84 Å². The van der Waals surface area contributed by atoms with Crippen LogP contribution < -0.4 is 0 Å². The third-order valence-corrected chi connectivity index (χ3v) is 1.99. The van der Waals surface area contributed by atoms with Crippen LogP contribution in [0.4, 0.5) is 0 Å². The summed E-state index contributed by atoms with van der Waals surface area (Å²) in [5, 5.41) is 1.36. The minimum absolute atomic E-state index is 0.162. The first-order chi connectivity index (χ1) is 6.29. The van der Waals surface area contributed by atoms with Gasteiger partial charge in [-0.3, -0.25) is 9.63 Å². The Morgan fingerprint density at radius 3 is 3.08 bits per heavy atom. The van der Waals surface area contributed by atoms with E-state index in [-0.39, 0.29) is 5.91 Å². The molecule has 0 atom stereocenters. The number of aryl methyl sites for hydroxylation is 1. The fourth-order valence-electron chi connectivity index (χ4n) is 1.29. The van der Waals surface area contributed by atoms with Crippen molar-refractivity contribution in [2.75, 3.05) is 13.2 Å². The molecule has 1 aromatic heterocycles. The van der Waals surface area contributed by atoms with Gasteiger partial charge in [-0.05, 0) is 6.42 Å². The maximum atomic E-state index is 11.6. The lowest BCUT2D eigenvalue weighted by molar-refractivity contribution is -0.0777. The molecule has 70 valence electrons. The fraction of sp³-hybridized carbons (Fsp3) is 0.500. The topological polar surface area (TPSA) is 47.4 Å². The van der Waals surface area contributed by atoms with E-state index >= 15 is 0 Å². The molecule has 5 heteroatoms. The summed E-state index contributed by atoms with van der Waals surface area (Å²) in [5.74, 6) is 0.256. The highest BCUT2D eigenvalue weighted by Gasteiger charge is 2.23. The van der Waals surface area contributed by atoms with Gasteiger partial charge in [0.25, 0.3) is 0 Å². The van der Waals surface area contributed by atoms with Crippen molar-refractivity contribution in [1.29, 1.82) is 0 Å². The third kappa shape index (κ3) is 1.42. The average molecular weight is 181 g/mol. The van der Waals surface area contributed by atoms with Crippen molar-refractivity contribution in [2.24, 2.45) is 7.05 Å². The molecule has 0 N–H and O–H groups in total. The van der Waals surface area contributed by atoms with E-state index in [0.717, 1.165) is 6.42 Å². The molecular weight excluding hydrogens is 170 g/mol. The number of hydrogen-bond acceptors (Lipinski definition) is 3. The molecule has 0 spiro atoms. The molecule has 0 bridgehead atoms. The van der Waals surface area contributed by atoms with Gasteiger partial charge < -0.3 is 4.57 Å². The first-order valence-electron chi connectivity index (χ1n) is 4.21. The van der Waals surface area contributed by atoms with Gasteiger partial charge in [-0.15, -0.1) is 0 Å². The summed E-state index contributed by atoms with van der Waals surface area (Å²) in [7, 11) is 1.79. The predicted octanol–water partition coefficient (Wildman–Crippen LogP) is 0.198. The van der Waals surface area contributed by atoms with E-state index in [0.29, 0.717) is 19.0 Å². The van der Waals surface area contributed by atoms with Crippen LogP contribution in [0.25, 0.3) is 0 Å². The zero-order valence-corrected chi connectivity index (χ0v) is 7.43. The van der Waals surface area contributed by atoms with Gasteiger partial charge in [0.05, 0.1) is 13.2 Å². The molecule has 1 aromatic rings. The molecule has 1 fully saturated rings. The summed E-state index contributed by atoms with van der Waals surface area (Å²) in [6, 6.07) is 0. The Bertz CT molecular complexity index is 315. The molecule has 0 aromatic carbocycles. The van der Waals surface area contributed by atoms with Crippen LogP contribution in [0.5, 0.6) is 0 Å². The second-order valence-electron chi connectivity index (χ2n) is 2.96. The van der Waals surface area contributed by atoms with E-state index in [9.17, 15) is 4.79 Å². The van der Waals surface area contributed by atoms with Crippen LogP contribution in [0.3, 0.4) is 0 Å². The smallest absolute Gasteiger partial charge is 0.313 e. The first kappa shape index (κ1) is 8.25. The molecule has 0 aliphatic carbocycles. The predicted molar refractivity (Wildman–Crippen MR) is 44.8 cm³/mol. The fourth-order valence-corrected chi connectivity index (χ4v) is 1.29. The summed E-state index contributed by atoms with van der Waals surface area (Å²) in [4.78, 5) is 20.7. The van der Waals surface area contributed by atoms with Gasteiger partial charge in [0.1, 0.15) is 0 Å². The van der Waals surface area contributed by atoms with Crippen molar-refractivity contribution >= 4 is 5.91 Å². The van der Waals surface area contributed by atoms with Gasteiger partial charge in [-0.1, -0.05) is 0 Å². The molecule has 0 unspecified atom stereocenters. The zero-order valence-electron chi connectivity index (χ0n) is 7.43. The van der Waals surface area contributed by atoms with Crippen molar-refractivity contribution in [2.45, 2.75) is 6.42 Å². The van der Waals surface area contributed by atoms with Crippen LogP contribution in [0.15, 0.2) is 12.4 Å². The number of nitrogens with zero attached hydrogens (tertiary/aromatic N) is 3. The molecule has 1 aliphatic rings. The van der Waals surface area contributed by atoms with Crippen LogP contribution in [0.2, 0.25) is 0 Å². The van der Waals surface area contributed by atoms with Crippen molar-refractivity contribution in [1.82, 2.24) is 14.6 Å². The SMILES string of the molecule is Cn1ccnc1C(=O)N1CCCO1. The molecule has 5 nitrogen and oxygen atoms in total. The summed E-state index contributed by atoms with van der Waals surface area (Å²) in [6.07, 6.45) is 4.24. The molecule has 2 heterocycles. The first-order valence-corrected chi connectivity index (χ1v) is 4.21. The van der Waals surface area contributed by atoms with Gasteiger partial charge in [0, 0.05) is 19.4 Å². The van der Waals surface area contributed by atoms with Crippen molar-refractivity contribution in [3.05, 3.63) is 18.2 Å². The molecule has 2 rings (SSSR count). The van der Waals surface area contributed by atoms with Crippen LogP contribution in [0, 0.1) is 0 Å². The number of aromatic nitrogens is 2. The van der Waals surface area contributed by atoms with Crippen molar-refractivity contribution in [3.63, 3.8) is 0 Å². The normalized spacial score (nSPS) is 16.5. The number of rotatable bonds is 1. The number of hydrogen-bond donors (Lipinski definition) is 0. The molecule has 13 heavy (non-hydrogen) atoms. The van der Waals surface area contributed by atoms with Crippen LogP contribution in [-0.4, -0.2) is 33.7 Å². The van der Waals surface area contributed by atoms with Crippen molar-refractivity contribution < 1.29 is 9.63 Å². The molecule has 0 radical (unpaired) electrons. The Labute approximate surface area is 75.9 Å². The minimum Gasteiger partial charge on any atom is -0.330 e. The second-order valence-corrected chi connectivity index (χ2v) is 2.96. The van der Waals surface area contributed by atoms with Crippen molar-refractivity contribution in [3.8, 4) is 0 Å². The second kappa shape index (κ2) is 3.18. The van der Waals surface area contributed by atoms with Crippen LogP contribution in [0.1, 0.15) is 17.0 Å². The number of carbonyl (C=O) groups is 1. The van der Waals surface area contributed by atoms with Gasteiger partial charge in [-0.25, -0.2) is 10.0 Å². The van der Waals surface area contributed by atoms with Gasteiger partial charge in [-0.2, -0.15) is 0 Å². The molecule has 1 aliphatic heterocycles. The Kier molecular flexibility index (Phi) is 2.02. The van der Waals surface area contributed by atoms with Gasteiger partial charge in [0.15, 0.2) is 0 Å². The van der Waals surface area contributed by atoms with Gasteiger partial charge >= 0.3 is 5.91 Å². The number of hydroxylamine groups is 2. The highest BCUT2D eigenvalue weighted by molar-refractivity contribution is 5.90. The number of amides is 1. The maximum absolute atomic E-state index is 11.6. The zero-order chi connectivity index (χ0) is 9.26. The Morgan fingerprint density at radius 2 is 2.54 bits per heavy atom. The molecule has 1 saturated heterocycles. The minimum atomic E-state index is -0.162. The lowest BCUT2D eigenvalue weighted by Gasteiger charge is -2.12. The highest BCUT2D eigenvalue weighted by Crippen LogP contribution is 2.08. The molecule has 0 saturated carbocycles. The van der Waals surface area contributed by atoms with E-state index in [2.05, 4.69) is 4.98 Å². The largest absolute Gasteiger partial charge is 0.330 e. The number of imidazole rings is 1. The average Bonchev–Trinajstić information content (AvgIpc) is 2.72. The molecule has 1 amide bonds. The maximum Gasteiger partial charge on any atom is 0.313 e. The Balaban J connectivity index is 2.17. The third-order valence-electron chi connectivity index (χ3n) is 1.99. The monoisotopic (exact) mass is 181 g/mol. The van der Waals surface area contributed by atoms with Crippen LogP contribution in [-0.2, 0) is 11.9 Å². The molecular formula is C8H11N3O2. The van der Waals surface area contributed by atoms with E-state index in [1.807, 2.05) is 0 Å². The van der Waals surface area contributed by atoms with Crippen LogP contribution >= 0.6 is 0 Å². The number of carbonyl (C=O) groups excluding carboxylic acids is 1. The highest BCUT2D eigenvalue weighted by atomic mass is 16.7. The standard InChI is InChI=1S/C8H11N3O2/c1-10-5-3-9-7(10)8(12)11-4-2-6-13-11/h3,5H,2,4,6H2,1H3. The van der Waals surface area contributed by atoms with Gasteiger partial charge in [0.2, 0.25) is 5.82 Å². The summed E-state index contributed by atoms with van der Waals surface area (Å²) in [5.41, 5.74) is 0. The Morgan fingerprint density at radius 1 is 1.69 bits per heavy atom. The van der Waals surface area contributed by atoms with E-state index in [1.165, 1.54) is 5.06 Å². The van der Waals surface area contributed by atoms with E-state index in [1.54, 1.807) is 24.0 Å². The lowest BCUT2D eigenvalue weighted by atomic mass is 10.4. The summed E-state index contributed by atoms with van der Waals surface area (Å²) >= 11 is 0. The summed E-state index contributed by atoms with van der Waals surface area (Å²) in [6.45, 7) is 1.28. The lowest BCUT2D eigenvalue weighted by Crippen LogP contribution is -2.28. The summed E-state index contributed by atoms with van der Waals surface area (Å²) < 4.78 is 1.68. The van der Waals surface area contributed by atoms with E-state index < -0.39 is 0 Å².